The van der Waals surface area contributed by atoms with E-state index in [1.165, 1.54) is 17.9 Å². The van der Waals surface area contributed by atoms with Crippen molar-refractivity contribution in [3.63, 3.8) is 0 Å². The Morgan fingerprint density at radius 1 is 1.05 bits per heavy atom. The number of hydrogen-bond donors (Lipinski definition) is 0. The molecule has 0 aliphatic heterocycles. The highest BCUT2D eigenvalue weighted by Gasteiger charge is 2.39. The van der Waals surface area contributed by atoms with Gasteiger partial charge in [0.25, 0.3) is 0 Å². The Hall–Kier alpha value is -2.35. The van der Waals surface area contributed by atoms with Gasteiger partial charge in [0.2, 0.25) is 0 Å². The van der Waals surface area contributed by atoms with Crippen molar-refractivity contribution in [2.24, 2.45) is 11.8 Å². The van der Waals surface area contributed by atoms with Crippen LogP contribution in [0, 0.1) is 11.8 Å². The summed E-state index contributed by atoms with van der Waals surface area (Å²) in [5.74, 6) is 0.393. The van der Waals surface area contributed by atoms with Crippen LogP contribution in [-0.2, 0) is 9.53 Å². The number of allylic oxidation sites excluding steroid dienone is 3. The second-order valence-corrected chi connectivity index (χ2v) is 5.71. The number of esters is 1. The van der Waals surface area contributed by atoms with E-state index in [9.17, 15) is 4.79 Å². The lowest BCUT2D eigenvalue weighted by molar-refractivity contribution is -0.136. The summed E-state index contributed by atoms with van der Waals surface area (Å²) in [6, 6.07) is 14.7. The molecule has 2 heteroatoms. The lowest BCUT2D eigenvalue weighted by Crippen LogP contribution is -2.11. The van der Waals surface area contributed by atoms with Gasteiger partial charge in [0, 0.05) is 17.4 Å². The van der Waals surface area contributed by atoms with Crippen molar-refractivity contribution in [3.05, 3.63) is 65.8 Å². The number of rotatable bonds is 2. The molecule has 0 heterocycles. The number of hydrogen-bond acceptors (Lipinski definition) is 2. The smallest absolute Gasteiger partial charge is 0.334 e. The molecule has 2 bridgehead atoms. The van der Waals surface area contributed by atoms with E-state index in [0.29, 0.717) is 5.92 Å². The van der Waals surface area contributed by atoms with Crippen molar-refractivity contribution in [1.82, 2.24) is 0 Å². The van der Waals surface area contributed by atoms with Gasteiger partial charge in [-0.1, -0.05) is 48.6 Å². The van der Waals surface area contributed by atoms with Crippen molar-refractivity contribution < 1.29 is 9.53 Å². The van der Waals surface area contributed by atoms with Gasteiger partial charge in [-0.15, -0.1) is 0 Å². The molecule has 104 valence electrons. The molecule has 0 spiro atoms. The Morgan fingerprint density at radius 3 is 2.62 bits per heavy atom. The lowest BCUT2D eigenvalue weighted by atomic mass is 9.90. The average molecular weight is 276 g/mol. The molecule has 2 aliphatic carbocycles. The number of benzene rings is 2. The maximum absolute atomic E-state index is 12.1. The molecule has 0 fully saturated rings. The Kier molecular flexibility index (Phi) is 2.71. The summed E-state index contributed by atoms with van der Waals surface area (Å²) in [7, 11) is 1.46. The molecule has 2 atom stereocenters. The molecule has 0 saturated heterocycles. The van der Waals surface area contributed by atoms with E-state index in [-0.39, 0.29) is 11.9 Å². The summed E-state index contributed by atoms with van der Waals surface area (Å²) >= 11 is 0. The van der Waals surface area contributed by atoms with Crippen LogP contribution in [0.4, 0.5) is 0 Å². The van der Waals surface area contributed by atoms with E-state index >= 15 is 0 Å². The minimum atomic E-state index is -0.185. The third-order valence-corrected chi connectivity index (χ3v) is 4.58. The number of fused-ring (bicyclic) bond motifs is 3. The van der Waals surface area contributed by atoms with E-state index in [0.717, 1.165) is 23.1 Å². The molecule has 0 amide bonds. The van der Waals surface area contributed by atoms with Crippen LogP contribution in [0.3, 0.4) is 0 Å². The first-order valence-corrected chi connectivity index (χ1v) is 7.28. The summed E-state index contributed by atoms with van der Waals surface area (Å²) in [5, 5.41) is 2.43. The molecule has 2 aliphatic rings. The fourth-order valence-electron chi connectivity index (χ4n) is 3.62. The summed E-state index contributed by atoms with van der Waals surface area (Å²) in [6.45, 7) is 0. The maximum Gasteiger partial charge on any atom is 0.334 e. The normalized spacial score (nSPS) is 23.1. The van der Waals surface area contributed by atoms with Crippen LogP contribution in [0.25, 0.3) is 16.3 Å². The van der Waals surface area contributed by atoms with Crippen molar-refractivity contribution >= 4 is 22.3 Å². The number of ether oxygens (including phenoxy) is 1. The zero-order valence-corrected chi connectivity index (χ0v) is 11.9. The molecule has 2 aromatic carbocycles. The van der Waals surface area contributed by atoms with E-state index < -0.39 is 0 Å². The quantitative estimate of drug-likeness (QED) is 0.613. The second-order valence-electron chi connectivity index (χ2n) is 5.71. The van der Waals surface area contributed by atoms with Gasteiger partial charge in [-0.3, -0.25) is 0 Å². The third-order valence-electron chi connectivity index (χ3n) is 4.58. The van der Waals surface area contributed by atoms with Gasteiger partial charge in [-0.05, 0) is 34.4 Å². The van der Waals surface area contributed by atoms with Gasteiger partial charge < -0.3 is 4.74 Å². The van der Waals surface area contributed by atoms with E-state index in [1.54, 1.807) is 0 Å². The first-order valence-electron chi connectivity index (χ1n) is 7.28. The highest BCUT2D eigenvalue weighted by molar-refractivity contribution is 6.02. The predicted octanol–water partition coefficient (Wildman–Crippen LogP) is 3.97. The van der Waals surface area contributed by atoms with E-state index in [1.807, 2.05) is 12.1 Å². The van der Waals surface area contributed by atoms with Crippen molar-refractivity contribution in [1.29, 1.82) is 0 Å². The van der Waals surface area contributed by atoms with Crippen LogP contribution in [0.2, 0.25) is 0 Å². The number of methoxy groups -OCH3 is 1. The molecule has 4 rings (SSSR count). The van der Waals surface area contributed by atoms with Crippen LogP contribution < -0.4 is 0 Å². The molecule has 0 saturated carbocycles. The molecule has 21 heavy (non-hydrogen) atoms. The Bertz CT molecular complexity index is 798. The van der Waals surface area contributed by atoms with Crippen molar-refractivity contribution in [2.45, 2.75) is 6.42 Å². The second kappa shape index (κ2) is 4.59. The zero-order valence-electron chi connectivity index (χ0n) is 11.9. The topological polar surface area (TPSA) is 26.3 Å². The molecular formula is C19H16O2. The van der Waals surface area contributed by atoms with E-state index in [4.69, 9.17) is 4.74 Å². The number of carbonyl (C=O) groups excluding carboxylic acids is 1. The first-order chi connectivity index (χ1) is 10.3. The molecular weight excluding hydrogens is 260 g/mol. The largest absolute Gasteiger partial charge is 0.466 e. The molecule has 0 N–H and O–H groups in total. The third kappa shape index (κ3) is 1.83. The van der Waals surface area contributed by atoms with Crippen LogP contribution in [0.15, 0.2) is 60.2 Å². The predicted molar refractivity (Wildman–Crippen MR) is 83.6 cm³/mol. The molecule has 0 radical (unpaired) electrons. The fraction of sp³-hybridized carbons (Fsp3) is 0.211. The summed E-state index contributed by atoms with van der Waals surface area (Å²) in [5.41, 5.74) is 3.14. The minimum absolute atomic E-state index is 0.185. The fourth-order valence-corrected chi connectivity index (χ4v) is 3.62. The SMILES string of the molecule is COC(=O)C1=C(c2ccc3ccccc3c2)C2C=CC1C2. The summed E-state index contributed by atoms with van der Waals surface area (Å²) in [4.78, 5) is 12.1. The Balaban J connectivity index is 1.89. The zero-order chi connectivity index (χ0) is 14.4. The maximum atomic E-state index is 12.1. The Morgan fingerprint density at radius 2 is 1.81 bits per heavy atom. The monoisotopic (exact) mass is 276 g/mol. The molecule has 2 nitrogen and oxygen atoms in total. The molecule has 2 aromatic rings. The molecule has 2 unspecified atom stereocenters. The minimum Gasteiger partial charge on any atom is -0.466 e. The van der Waals surface area contributed by atoms with Crippen LogP contribution in [0.1, 0.15) is 12.0 Å². The van der Waals surface area contributed by atoms with Gasteiger partial charge in [0.15, 0.2) is 0 Å². The van der Waals surface area contributed by atoms with Gasteiger partial charge in [-0.25, -0.2) is 4.79 Å². The highest BCUT2D eigenvalue weighted by atomic mass is 16.5. The van der Waals surface area contributed by atoms with Crippen molar-refractivity contribution in [3.8, 4) is 0 Å². The number of carbonyl (C=O) groups is 1. The van der Waals surface area contributed by atoms with Gasteiger partial charge in [-0.2, -0.15) is 0 Å². The summed E-state index contributed by atoms with van der Waals surface area (Å²) in [6.07, 6.45) is 5.37. The van der Waals surface area contributed by atoms with Gasteiger partial charge in [0.1, 0.15) is 0 Å². The standard InChI is InChI=1S/C19H16O2/c1-21-19(20)18-16-9-8-15(11-16)17(18)14-7-6-12-4-2-3-5-13(12)10-14/h2-10,15-16H,11H2,1H3. The summed E-state index contributed by atoms with van der Waals surface area (Å²) < 4.78 is 5.00. The van der Waals surface area contributed by atoms with E-state index in [2.05, 4.69) is 42.5 Å². The first kappa shape index (κ1) is 12.4. The van der Waals surface area contributed by atoms with Crippen LogP contribution in [0.5, 0.6) is 0 Å². The lowest BCUT2D eigenvalue weighted by Gasteiger charge is -2.15. The molecule has 0 aromatic heterocycles. The van der Waals surface area contributed by atoms with Gasteiger partial charge >= 0.3 is 5.97 Å². The van der Waals surface area contributed by atoms with Crippen LogP contribution >= 0.6 is 0 Å². The average Bonchev–Trinajstić information content (AvgIpc) is 3.14. The van der Waals surface area contributed by atoms with Crippen LogP contribution in [-0.4, -0.2) is 13.1 Å². The van der Waals surface area contributed by atoms with Crippen molar-refractivity contribution in [2.75, 3.05) is 7.11 Å². The van der Waals surface area contributed by atoms with Gasteiger partial charge in [0.05, 0.1) is 7.11 Å². The Labute approximate surface area is 123 Å². The highest BCUT2D eigenvalue weighted by Crippen LogP contribution is 2.49.